The van der Waals surface area contributed by atoms with Gasteiger partial charge in [-0.25, -0.2) is 4.98 Å². The highest BCUT2D eigenvalue weighted by Gasteiger charge is 2.21. The van der Waals surface area contributed by atoms with Crippen LogP contribution in [0, 0.1) is 0 Å². The number of hydrogen-bond donors (Lipinski definition) is 0. The van der Waals surface area contributed by atoms with Gasteiger partial charge < -0.3 is 0 Å². The van der Waals surface area contributed by atoms with Gasteiger partial charge in [0.1, 0.15) is 5.65 Å². The van der Waals surface area contributed by atoms with Gasteiger partial charge in [0.25, 0.3) is 5.56 Å². The molecule has 4 heteroatoms. The molecule has 9 aromatic rings. The molecule has 9 rings (SSSR count). The van der Waals surface area contributed by atoms with Crippen molar-refractivity contribution in [3.63, 3.8) is 0 Å². The molecule has 0 amide bonds. The van der Waals surface area contributed by atoms with E-state index >= 15 is 0 Å². The van der Waals surface area contributed by atoms with Crippen LogP contribution in [0.4, 0.5) is 0 Å². The van der Waals surface area contributed by atoms with Crippen LogP contribution in [0.1, 0.15) is 0 Å². The number of nitrogens with zero attached hydrogens (tertiary/aromatic N) is 2. The monoisotopic (exact) mass is 600 g/mol. The lowest BCUT2D eigenvalue weighted by molar-refractivity contribution is 1.19. The van der Waals surface area contributed by atoms with E-state index < -0.39 is 0 Å². The summed E-state index contributed by atoms with van der Waals surface area (Å²) in [4.78, 5) is 19.5. The molecule has 0 bridgehead atoms. The lowest BCUT2D eigenvalue weighted by Gasteiger charge is -2.12. The van der Waals surface area contributed by atoms with E-state index in [2.05, 4.69) is 125 Å². The second kappa shape index (κ2) is 8.72. The summed E-state index contributed by atoms with van der Waals surface area (Å²) in [5.41, 5.74) is 6.49. The predicted molar refractivity (Wildman–Crippen MR) is 179 cm³/mol. The standard InChI is InChI=1S/C38H21BrN2O/c39-33-17-16-31-35-29(33)10-5-11-30(35)37-40-34-21-28(26-14-12-22-6-1-3-8-24(22)18-26)20-32(36(34)41(37)38(31)42)27-15-13-23-7-2-4-9-25(23)19-27/h1-21H. The molecule has 0 unspecified atom stereocenters. The van der Waals surface area contributed by atoms with E-state index in [1.54, 1.807) is 0 Å². The molecule has 0 aliphatic heterocycles. The van der Waals surface area contributed by atoms with Gasteiger partial charge in [-0.2, -0.15) is 0 Å². The Balaban J connectivity index is 1.45. The van der Waals surface area contributed by atoms with E-state index in [9.17, 15) is 4.79 Å². The van der Waals surface area contributed by atoms with Gasteiger partial charge in [0.05, 0.1) is 11.0 Å². The quantitative estimate of drug-likeness (QED) is 0.198. The zero-order valence-corrected chi connectivity index (χ0v) is 23.9. The van der Waals surface area contributed by atoms with Gasteiger partial charge in [-0.05, 0) is 80.0 Å². The first kappa shape index (κ1) is 23.6. The lowest BCUT2D eigenvalue weighted by atomic mass is 9.94. The number of pyridine rings is 1. The summed E-state index contributed by atoms with van der Waals surface area (Å²) in [6, 6.07) is 44.3. The molecule has 3 nitrogen and oxygen atoms in total. The molecule has 7 aromatic carbocycles. The minimum Gasteiger partial charge on any atom is -0.268 e. The van der Waals surface area contributed by atoms with Crippen LogP contribution in [0.25, 0.3) is 82.0 Å². The number of aromatic nitrogens is 2. The van der Waals surface area contributed by atoms with E-state index in [0.717, 1.165) is 59.3 Å². The van der Waals surface area contributed by atoms with Gasteiger partial charge in [0.15, 0.2) is 0 Å². The second-order valence-corrected chi connectivity index (χ2v) is 11.8. The van der Waals surface area contributed by atoms with Gasteiger partial charge in [0.2, 0.25) is 0 Å². The second-order valence-electron chi connectivity index (χ2n) is 10.9. The summed E-state index contributed by atoms with van der Waals surface area (Å²) in [6.45, 7) is 0. The molecule has 0 N–H and O–H groups in total. The molecule has 42 heavy (non-hydrogen) atoms. The fourth-order valence-corrected chi connectivity index (χ4v) is 7.02. The average molecular weight is 602 g/mol. The molecule has 0 saturated heterocycles. The summed E-state index contributed by atoms with van der Waals surface area (Å²) >= 11 is 3.69. The van der Waals surface area contributed by atoms with Crippen molar-refractivity contribution < 1.29 is 0 Å². The minimum atomic E-state index is -0.0517. The summed E-state index contributed by atoms with van der Waals surface area (Å²) in [6.07, 6.45) is 0. The molecule has 0 aliphatic carbocycles. The molecule has 2 aromatic heterocycles. The van der Waals surface area contributed by atoms with E-state index in [1.165, 1.54) is 16.2 Å². The summed E-state index contributed by atoms with van der Waals surface area (Å²) in [7, 11) is 0. The molecule has 0 fully saturated rings. The molecule has 0 aliphatic rings. The maximum atomic E-state index is 14.3. The SMILES string of the molecule is O=c1c2ccc(Br)c3cccc(c32)c2nc3cc(-c4ccc5ccccc5c4)cc(-c4ccc5ccccc5c4)c3n12. The van der Waals surface area contributed by atoms with Gasteiger partial charge in [-0.15, -0.1) is 0 Å². The van der Waals surface area contributed by atoms with Crippen LogP contribution in [-0.2, 0) is 0 Å². The normalized spacial score (nSPS) is 12.0. The van der Waals surface area contributed by atoms with Crippen LogP contribution < -0.4 is 5.56 Å². The largest absolute Gasteiger partial charge is 0.268 e. The molecule has 2 heterocycles. The summed E-state index contributed by atoms with van der Waals surface area (Å²) < 4.78 is 2.80. The van der Waals surface area contributed by atoms with Crippen LogP contribution in [0.5, 0.6) is 0 Å². The van der Waals surface area contributed by atoms with Crippen molar-refractivity contribution in [2.75, 3.05) is 0 Å². The number of benzene rings is 7. The minimum absolute atomic E-state index is 0.0517. The maximum absolute atomic E-state index is 14.3. The Kier molecular flexibility index (Phi) is 4.90. The molecule has 0 spiro atoms. The van der Waals surface area contributed by atoms with Crippen molar-refractivity contribution >= 4 is 75.7 Å². The van der Waals surface area contributed by atoms with E-state index in [1.807, 2.05) is 22.6 Å². The van der Waals surface area contributed by atoms with Crippen LogP contribution in [0.2, 0.25) is 0 Å². The van der Waals surface area contributed by atoms with Crippen molar-refractivity contribution in [3.8, 4) is 22.3 Å². The number of hydrogen-bond acceptors (Lipinski definition) is 2. The highest BCUT2D eigenvalue weighted by molar-refractivity contribution is 9.10. The Morgan fingerprint density at radius 1 is 0.548 bits per heavy atom. The smallest absolute Gasteiger partial charge is 0.264 e. The fraction of sp³-hybridized carbons (Fsp3) is 0. The van der Waals surface area contributed by atoms with Crippen molar-refractivity contribution in [1.29, 1.82) is 0 Å². The zero-order chi connectivity index (χ0) is 27.9. The molecular weight excluding hydrogens is 580 g/mol. The van der Waals surface area contributed by atoms with E-state index in [0.29, 0.717) is 11.0 Å². The van der Waals surface area contributed by atoms with Crippen LogP contribution in [0.15, 0.2) is 137 Å². The Morgan fingerprint density at radius 3 is 1.98 bits per heavy atom. The first-order valence-corrected chi connectivity index (χ1v) is 14.7. The van der Waals surface area contributed by atoms with Gasteiger partial charge >= 0.3 is 0 Å². The van der Waals surface area contributed by atoms with Crippen molar-refractivity contribution in [2.24, 2.45) is 0 Å². The Labute approximate surface area is 248 Å². The molecule has 0 saturated carbocycles. The van der Waals surface area contributed by atoms with E-state index in [-0.39, 0.29) is 5.56 Å². The van der Waals surface area contributed by atoms with Gasteiger partial charge in [-0.1, -0.05) is 107 Å². The number of halogens is 1. The maximum Gasteiger partial charge on any atom is 0.264 e. The number of rotatable bonds is 2. The third-order valence-corrected chi connectivity index (χ3v) is 9.25. The molecule has 0 atom stereocenters. The fourth-order valence-electron chi connectivity index (χ4n) is 6.56. The lowest BCUT2D eigenvalue weighted by Crippen LogP contribution is -2.13. The molecular formula is C38H21BrN2O. The van der Waals surface area contributed by atoms with Crippen molar-refractivity contribution in [2.45, 2.75) is 0 Å². The van der Waals surface area contributed by atoms with E-state index in [4.69, 9.17) is 4.98 Å². The Morgan fingerprint density at radius 2 is 1.21 bits per heavy atom. The predicted octanol–water partition coefficient (Wildman–Crippen LogP) is 9.99. The first-order valence-electron chi connectivity index (χ1n) is 14.0. The number of imidazole rings is 1. The van der Waals surface area contributed by atoms with Crippen molar-refractivity contribution in [1.82, 2.24) is 9.38 Å². The first-order chi connectivity index (χ1) is 20.6. The van der Waals surface area contributed by atoms with Crippen LogP contribution in [0.3, 0.4) is 0 Å². The van der Waals surface area contributed by atoms with Crippen LogP contribution in [-0.4, -0.2) is 9.38 Å². The van der Waals surface area contributed by atoms with Gasteiger partial charge in [0, 0.05) is 26.2 Å². The van der Waals surface area contributed by atoms with Crippen molar-refractivity contribution in [3.05, 3.63) is 142 Å². The average Bonchev–Trinajstić information content (AvgIpc) is 3.43. The highest BCUT2D eigenvalue weighted by atomic mass is 79.9. The molecule has 0 radical (unpaired) electrons. The third-order valence-electron chi connectivity index (χ3n) is 8.56. The Bertz CT molecular complexity index is 2620. The van der Waals surface area contributed by atoms with Gasteiger partial charge in [-0.3, -0.25) is 9.20 Å². The topological polar surface area (TPSA) is 34.4 Å². The molecule has 196 valence electrons. The zero-order valence-electron chi connectivity index (χ0n) is 22.3. The Hall–Kier alpha value is -5.06. The highest BCUT2D eigenvalue weighted by Crippen LogP contribution is 2.39. The number of fused-ring (bicyclic) bond motifs is 6. The third kappa shape index (κ3) is 3.33. The van der Waals surface area contributed by atoms with Crippen LogP contribution >= 0.6 is 15.9 Å². The summed E-state index contributed by atoms with van der Waals surface area (Å²) in [5.74, 6) is 0. The summed E-state index contributed by atoms with van der Waals surface area (Å²) in [5, 5.41) is 8.36.